The van der Waals surface area contributed by atoms with Gasteiger partial charge in [0.2, 0.25) is 0 Å². The van der Waals surface area contributed by atoms with Gasteiger partial charge in [0.05, 0.1) is 13.2 Å². The molecular formula is C13H18O3. The summed E-state index contributed by atoms with van der Waals surface area (Å²) >= 11 is 0. The molecule has 0 fully saturated rings. The zero-order valence-electron chi connectivity index (χ0n) is 9.77. The van der Waals surface area contributed by atoms with Crippen LogP contribution in [0.15, 0.2) is 24.3 Å². The van der Waals surface area contributed by atoms with Gasteiger partial charge in [-0.15, -0.1) is 0 Å². The molecule has 1 rings (SSSR count). The van der Waals surface area contributed by atoms with Crippen LogP contribution in [-0.4, -0.2) is 18.2 Å². The summed E-state index contributed by atoms with van der Waals surface area (Å²) in [5, 5.41) is 9.82. The average molecular weight is 222 g/mol. The maximum absolute atomic E-state index is 10.9. The first kappa shape index (κ1) is 12.7. The summed E-state index contributed by atoms with van der Waals surface area (Å²) in [7, 11) is 1.35. The molecule has 0 aromatic heterocycles. The van der Waals surface area contributed by atoms with Crippen molar-refractivity contribution in [3.8, 4) is 0 Å². The van der Waals surface area contributed by atoms with E-state index < -0.39 is 6.10 Å². The van der Waals surface area contributed by atoms with E-state index >= 15 is 0 Å². The number of methoxy groups -OCH3 is 1. The van der Waals surface area contributed by atoms with Gasteiger partial charge in [0, 0.05) is 6.42 Å². The number of carbonyl (C=O) groups is 1. The first-order valence-electron chi connectivity index (χ1n) is 5.51. The Labute approximate surface area is 96.1 Å². The van der Waals surface area contributed by atoms with E-state index in [0.29, 0.717) is 6.42 Å². The predicted octanol–water partition coefficient (Wildman–Crippen LogP) is 2.24. The first-order chi connectivity index (χ1) is 7.67. The zero-order valence-corrected chi connectivity index (χ0v) is 9.77. The van der Waals surface area contributed by atoms with Crippen LogP contribution in [0.25, 0.3) is 0 Å². The highest BCUT2D eigenvalue weighted by atomic mass is 16.5. The van der Waals surface area contributed by atoms with Crippen molar-refractivity contribution in [1.29, 1.82) is 0 Å². The number of benzene rings is 1. The van der Waals surface area contributed by atoms with Gasteiger partial charge >= 0.3 is 5.97 Å². The largest absolute Gasteiger partial charge is 0.469 e. The number of rotatable bonds is 5. The van der Waals surface area contributed by atoms with Crippen LogP contribution in [0.3, 0.4) is 0 Å². The van der Waals surface area contributed by atoms with E-state index in [-0.39, 0.29) is 12.4 Å². The summed E-state index contributed by atoms with van der Waals surface area (Å²) in [6.45, 7) is 2.09. The van der Waals surface area contributed by atoms with Gasteiger partial charge in [-0.05, 0) is 24.0 Å². The maximum atomic E-state index is 10.9. The fourth-order valence-corrected chi connectivity index (χ4v) is 1.50. The van der Waals surface area contributed by atoms with Gasteiger partial charge < -0.3 is 9.84 Å². The average Bonchev–Trinajstić information content (AvgIpc) is 2.35. The molecule has 1 N–H and O–H groups in total. The molecule has 0 aliphatic heterocycles. The van der Waals surface area contributed by atoms with Gasteiger partial charge in [-0.25, -0.2) is 0 Å². The Hall–Kier alpha value is -1.35. The number of hydrogen-bond donors (Lipinski definition) is 1. The quantitative estimate of drug-likeness (QED) is 0.777. The zero-order chi connectivity index (χ0) is 12.0. The molecule has 1 atom stereocenters. The summed E-state index contributed by atoms with van der Waals surface area (Å²) in [6, 6.07) is 7.80. The lowest BCUT2D eigenvalue weighted by atomic mass is 10.0. The van der Waals surface area contributed by atoms with Crippen molar-refractivity contribution in [3.63, 3.8) is 0 Å². The molecule has 3 nitrogen and oxygen atoms in total. The molecule has 0 spiro atoms. The smallest absolute Gasteiger partial charge is 0.305 e. The van der Waals surface area contributed by atoms with Gasteiger partial charge in [-0.3, -0.25) is 4.79 Å². The molecule has 0 bridgehead atoms. The molecule has 0 saturated heterocycles. The van der Waals surface area contributed by atoms with E-state index in [2.05, 4.69) is 11.7 Å². The summed E-state index contributed by atoms with van der Waals surface area (Å²) < 4.78 is 4.52. The van der Waals surface area contributed by atoms with Crippen molar-refractivity contribution in [2.24, 2.45) is 0 Å². The van der Waals surface area contributed by atoms with Crippen LogP contribution in [0, 0.1) is 0 Å². The van der Waals surface area contributed by atoms with Crippen molar-refractivity contribution in [3.05, 3.63) is 35.4 Å². The Morgan fingerprint density at radius 1 is 1.38 bits per heavy atom. The number of ether oxygens (including phenoxy) is 1. The number of aryl methyl sites for hydroxylation is 1. The highest BCUT2D eigenvalue weighted by Crippen LogP contribution is 2.19. The third-order valence-electron chi connectivity index (χ3n) is 2.62. The molecule has 16 heavy (non-hydrogen) atoms. The summed E-state index contributed by atoms with van der Waals surface area (Å²) in [5.74, 6) is -0.288. The molecular weight excluding hydrogens is 204 g/mol. The molecule has 0 saturated carbocycles. The van der Waals surface area contributed by atoms with E-state index in [9.17, 15) is 9.90 Å². The van der Waals surface area contributed by atoms with Crippen LogP contribution in [0.5, 0.6) is 0 Å². The summed E-state index contributed by atoms with van der Waals surface area (Å²) in [6.07, 6.45) is 1.04. The molecule has 3 heteroatoms. The van der Waals surface area contributed by atoms with Gasteiger partial charge in [0.15, 0.2) is 0 Å². The minimum absolute atomic E-state index is 0.243. The van der Waals surface area contributed by atoms with E-state index in [0.717, 1.165) is 12.0 Å². The molecule has 88 valence electrons. The van der Waals surface area contributed by atoms with Gasteiger partial charge in [0.25, 0.3) is 0 Å². The molecule has 1 aromatic carbocycles. The first-order valence-corrected chi connectivity index (χ1v) is 5.51. The summed E-state index contributed by atoms with van der Waals surface area (Å²) in [4.78, 5) is 10.9. The molecule has 0 heterocycles. The number of esters is 1. The molecule has 0 aliphatic carbocycles. The Kier molecular flexibility index (Phi) is 4.99. The Morgan fingerprint density at radius 2 is 2.00 bits per heavy atom. The minimum Gasteiger partial charge on any atom is -0.469 e. The monoisotopic (exact) mass is 222 g/mol. The molecule has 0 amide bonds. The molecule has 1 unspecified atom stereocenters. The predicted molar refractivity (Wildman–Crippen MR) is 62.0 cm³/mol. The van der Waals surface area contributed by atoms with Crippen LogP contribution in [0.2, 0.25) is 0 Å². The van der Waals surface area contributed by atoms with Crippen molar-refractivity contribution < 1.29 is 14.6 Å². The third kappa shape index (κ3) is 3.66. The third-order valence-corrected chi connectivity index (χ3v) is 2.62. The highest BCUT2D eigenvalue weighted by Gasteiger charge is 2.10. The SMILES string of the molecule is CCc1ccc(C(O)CCC(=O)OC)cc1. The number of aliphatic hydroxyl groups excluding tert-OH is 1. The Balaban J connectivity index is 2.52. The second-order valence-corrected chi connectivity index (χ2v) is 3.73. The lowest BCUT2D eigenvalue weighted by Gasteiger charge is -2.10. The Morgan fingerprint density at radius 3 is 2.50 bits per heavy atom. The maximum Gasteiger partial charge on any atom is 0.305 e. The van der Waals surface area contributed by atoms with Crippen LogP contribution in [0.4, 0.5) is 0 Å². The molecule has 0 aliphatic rings. The van der Waals surface area contributed by atoms with Crippen LogP contribution in [-0.2, 0) is 16.0 Å². The van der Waals surface area contributed by atoms with Crippen LogP contribution in [0.1, 0.15) is 37.0 Å². The van der Waals surface area contributed by atoms with Crippen molar-refractivity contribution in [1.82, 2.24) is 0 Å². The minimum atomic E-state index is -0.593. The fourth-order valence-electron chi connectivity index (χ4n) is 1.50. The van der Waals surface area contributed by atoms with Gasteiger partial charge in [0.1, 0.15) is 0 Å². The van der Waals surface area contributed by atoms with Crippen molar-refractivity contribution >= 4 is 5.97 Å². The van der Waals surface area contributed by atoms with Crippen molar-refractivity contribution in [2.75, 3.05) is 7.11 Å². The normalized spacial score (nSPS) is 12.2. The topological polar surface area (TPSA) is 46.5 Å². The lowest BCUT2D eigenvalue weighted by Crippen LogP contribution is -2.04. The van der Waals surface area contributed by atoms with Crippen molar-refractivity contribution in [2.45, 2.75) is 32.3 Å². The molecule has 1 aromatic rings. The Bertz CT molecular complexity index is 330. The second-order valence-electron chi connectivity index (χ2n) is 3.73. The lowest BCUT2D eigenvalue weighted by molar-refractivity contribution is -0.141. The van der Waals surface area contributed by atoms with E-state index in [1.54, 1.807) is 0 Å². The summed E-state index contributed by atoms with van der Waals surface area (Å²) in [5.41, 5.74) is 2.09. The van der Waals surface area contributed by atoms with E-state index in [1.165, 1.54) is 12.7 Å². The molecule has 0 radical (unpaired) electrons. The van der Waals surface area contributed by atoms with E-state index in [4.69, 9.17) is 0 Å². The fraction of sp³-hybridized carbons (Fsp3) is 0.462. The number of hydrogen-bond acceptors (Lipinski definition) is 3. The van der Waals surface area contributed by atoms with Crippen LogP contribution < -0.4 is 0 Å². The van der Waals surface area contributed by atoms with E-state index in [1.807, 2.05) is 24.3 Å². The second kappa shape index (κ2) is 6.28. The van der Waals surface area contributed by atoms with Gasteiger partial charge in [-0.1, -0.05) is 31.2 Å². The highest BCUT2D eigenvalue weighted by molar-refractivity contribution is 5.69. The standard InChI is InChI=1S/C13H18O3/c1-3-10-4-6-11(7-5-10)12(14)8-9-13(15)16-2/h4-7,12,14H,3,8-9H2,1-2H3. The van der Waals surface area contributed by atoms with Gasteiger partial charge in [-0.2, -0.15) is 0 Å². The van der Waals surface area contributed by atoms with Crippen LogP contribution >= 0.6 is 0 Å². The number of aliphatic hydroxyl groups is 1. The number of carbonyl (C=O) groups excluding carboxylic acids is 1.